The van der Waals surface area contributed by atoms with E-state index in [1.165, 1.54) is 30.3 Å². The number of carboxylic acid groups (broad SMARTS) is 1. The van der Waals surface area contributed by atoms with E-state index in [0.717, 1.165) is 19.2 Å². The second-order valence-corrected chi connectivity index (χ2v) is 10.0. The molecule has 37 heavy (non-hydrogen) atoms. The molecule has 13 heteroatoms. The molecule has 3 aromatic carbocycles. The van der Waals surface area contributed by atoms with Gasteiger partial charge < -0.3 is 9.84 Å². The molecule has 0 bridgehead atoms. The first-order chi connectivity index (χ1) is 17.3. The molecule has 6 nitrogen and oxygen atoms in total. The Hall–Kier alpha value is -3.64. The Bertz CT molecular complexity index is 1650. The van der Waals surface area contributed by atoms with E-state index in [1.54, 1.807) is 0 Å². The molecule has 0 radical (unpaired) electrons. The molecule has 0 unspecified atom stereocenters. The number of nitrogens with zero attached hydrogens (tertiary/aromatic N) is 1. The first-order valence-electron chi connectivity index (χ1n) is 10.3. The van der Waals surface area contributed by atoms with Crippen molar-refractivity contribution in [3.8, 4) is 5.75 Å². The second-order valence-electron chi connectivity index (χ2n) is 7.87. The van der Waals surface area contributed by atoms with E-state index in [-0.39, 0.29) is 28.6 Å². The van der Waals surface area contributed by atoms with Crippen LogP contribution >= 0.6 is 11.6 Å². The summed E-state index contributed by atoms with van der Waals surface area (Å²) in [4.78, 5) is 9.97. The molecule has 0 aliphatic carbocycles. The summed E-state index contributed by atoms with van der Waals surface area (Å²) in [7, 11) is -4.00. The average Bonchev–Trinajstić information content (AvgIpc) is 3.19. The summed E-state index contributed by atoms with van der Waals surface area (Å²) in [5.74, 6) is -4.83. The van der Waals surface area contributed by atoms with Gasteiger partial charge in [-0.25, -0.2) is 26.0 Å². The summed E-state index contributed by atoms with van der Waals surface area (Å²) in [6, 6.07) is 9.16. The van der Waals surface area contributed by atoms with Crippen LogP contribution in [0.4, 0.5) is 22.0 Å². The van der Waals surface area contributed by atoms with Gasteiger partial charge in [-0.05, 0) is 48.0 Å². The van der Waals surface area contributed by atoms with Crippen molar-refractivity contribution in [2.75, 3.05) is 7.11 Å². The summed E-state index contributed by atoms with van der Waals surface area (Å²) in [6.45, 7) is 0. The highest BCUT2D eigenvalue weighted by atomic mass is 35.5. The fourth-order valence-electron chi connectivity index (χ4n) is 3.83. The highest BCUT2D eigenvalue weighted by Crippen LogP contribution is 2.38. The molecule has 0 aliphatic heterocycles. The number of aromatic carboxylic acids is 1. The standard InChI is InChI=1S/C24H15ClF5NO5S/c1-36-22-20(25)17(26)11-19(21(22)27)37(34,35)31-16(8-12-2-4-13(5-3-12)23(32)33)10-14-9-15(24(28,29)30)6-7-18(14)31/h2-7,9-11H,8H2,1H3,(H,32,33). The first kappa shape index (κ1) is 26.4. The fourth-order valence-corrected chi connectivity index (χ4v) is 5.66. The van der Waals surface area contributed by atoms with E-state index in [0.29, 0.717) is 21.7 Å². The largest absolute Gasteiger partial charge is 0.492 e. The van der Waals surface area contributed by atoms with Crippen molar-refractivity contribution >= 4 is 38.5 Å². The summed E-state index contributed by atoms with van der Waals surface area (Å²) in [6.07, 6.45) is -4.93. The summed E-state index contributed by atoms with van der Waals surface area (Å²) >= 11 is 5.68. The highest BCUT2D eigenvalue weighted by molar-refractivity contribution is 7.90. The van der Waals surface area contributed by atoms with Gasteiger partial charge >= 0.3 is 12.1 Å². The number of carbonyl (C=O) groups is 1. The van der Waals surface area contributed by atoms with Crippen molar-refractivity contribution in [1.82, 2.24) is 3.97 Å². The molecule has 1 aromatic heterocycles. The van der Waals surface area contributed by atoms with Gasteiger partial charge in [0.15, 0.2) is 11.6 Å². The zero-order valence-electron chi connectivity index (χ0n) is 18.6. The zero-order chi connectivity index (χ0) is 27.3. The lowest BCUT2D eigenvalue weighted by atomic mass is 10.1. The van der Waals surface area contributed by atoms with Crippen molar-refractivity contribution in [3.05, 3.63) is 93.6 Å². The maximum Gasteiger partial charge on any atom is 0.416 e. The Kier molecular flexibility index (Phi) is 6.67. The molecule has 0 aliphatic rings. The number of hydrogen-bond donors (Lipinski definition) is 1. The van der Waals surface area contributed by atoms with Gasteiger partial charge in [0, 0.05) is 17.5 Å². The third kappa shape index (κ3) is 4.74. The number of alkyl halides is 3. The van der Waals surface area contributed by atoms with E-state index in [1.807, 2.05) is 0 Å². The molecule has 0 amide bonds. The fraction of sp³-hybridized carbons (Fsp3) is 0.125. The summed E-state index contributed by atoms with van der Waals surface area (Å²) in [5.41, 5.74) is -1.000. The number of ether oxygens (including phenoxy) is 1. The molecular weight excluding hydrogens is 545 g/mol. The Labute approximate surface area is 211 Å². The van der Waals surface area contributed by atoms with E-state index >= 15 is 4.39 Å². The maximum atomic E-state index is 15.1. The van der Waals surface area contributed by atoms with Crippen molar-refractivity contribution in [2.45, 2.75) is 17.5 Å². The molecule has 1 N–H and O–H groups in total. The topological polar surface area (TPSA) is 85.6 Å². The molecule has 0 atom stereocenters. The normalized spacial score (nSPS) is 12.2. The van der Waals surface area contributed by atoms with Gasteiger partial charge in [0.2, 0.25) is 0 Å². The molecule has 1 heterocycles. The molecule has 0 saturated carbocycles. The van der Waals surface area contributed by atoms with Crippen LogP contribution < -0.4 is 4.74 Å². The lowest BCUT2D eigenvalue weighted by Crippen LogP contribution is -2.18. The molecule has 4 aromatic rings. The minimum atomic E-state index is -4.96. The van der Waals surface area contributed by atoms with Gasteiger partial charge in [-0.3, -0.25) is 0 Å². The van der Waals surface area contributed by atoms with Crippen LogP contribution in [0.25, 0.3) is 10.9 Å². The van der Waals surface area contributed by atoms with Crippen LogP contribution in [0.3, 0.4) is 0 Å². The van der Waals surface area contributed by atoms with E-state index in [9.17, 15) is 30.8 Å². The van der Waals surface area contributed by atoms with Crippen molar-refractivity contribution in [3.63, 3.8) is 0 Å². The van der Waals surface area contributed by atoms with Gasteiger partial charge in [0.05, 0.1) is 23.8 Å². The summed E-state index contributed by atoms with van der Waals surface area (Å²) < 4.78 is 102. The van der Waals surface area contributed by atoms with Crippen LogP contribution in [0.2, 0.25) is 5.02 Å². The van der Waals surface area contributed by atoms with Crippen molar-refractivity contribution < 1.29 is 45.0 Å². The smallest absolute Gasteiger partial charge is 0.416 e. The van der Waals surface area contributed by atoms with E-state index < -0.39 is 55.0 Å². The third-order valence-electron chi connectivity index (χ3n) is 5.55. The van der Waals surface area contributed by atoms with Crippen LogP contribution in [0.5, 0.6) is 5.75 Å². The number of rotatable bonds is 6. The third-order valence-corrected chi connectivity index (χ3v) is 7.66. The maximum absolute atomic E-state index is 15.1. The van der Waals surface area contributed by atoms with Crippen molar-refractivity contribution in [1.29, 1.82) is 0 Å². The van der Waals surface area contributed by atoms with Crippen LogP contribution in [-0.2, 0) is 22.6 Å². The minimum Gasteiger partial charge on any atom is -0.492 e. The van der Waals surface area contributed by atoms with E-state index in [2.05, 4.69) is 0 Å². The van der Waals surface area contributed by atoms with Crippen LogP contribution in [0, 0.1) is 11.6 Å². The number of benzene rings is 3. The van der Waals surface area contributed by atoms with Crippen molar-refractivity contribution in [2.24, 2.45) is 0 Å². The lowest BCUT2D eigenvalue weighted by molar-refractivity contribution is -0.137. The average molecular weight is 560 g/mol. The van der Waals surface area contributed by atoms with Crippen LogP contribution in [-0.4, -0.2) is 30.6 Å². The monoisotopic (exact) mass is 559 g/mol. The lowest BCUT2D eigenvalue weighted by Gasteiger charge is -2.15. The quantitative estimate of drug-likeness (QED) is 0.227. The Morgan fingerprint density at radius 3 is 2.27 bits per heavy atom. The molecule has 0 saturated heterocycles. The number of halogens is 6. The summed E-state index contributed by atoms with van der Waals surface area (Å²) in [5, 5.41) is 8.16. The van der Waals surface area contributed by atoms with Gasteiger partial charge in [0.25, 0.3) is 10.0 Å². The van der Waals surface area contributed by atoms with Gasteiger partial charge in [0.1, 0.15) is 15.7 Å². The van der Waals surface area contributed by atoms with Gasteiger partial charge in [-0.2, -0.15) is 13.2 Å². The first-order valence-corrected chi connectivity index (χ1v) is 12.1. The predicted octanol–water partition coefficient (Wildman–Crippen LogP) is 6.13. The SMILES string of the molecule is COc1c(F)c(S(=O)(=O)n2c(Cc3ccc(C(=O)O)cc3)cc3cc(C(F)(F)F)ccc32)cc(F)c1Cl. The Balaban J connectivity index is 1.98. The van der Waals surface area contributed by atoms with Crippen LogP contribution in [0.15, 0.2) is 59.5 Å². The molecule has 194 valence electrons. The number of fused-ring (bicyclic) bond motifs is 1. The molecule has 4 rings (SSSR count). The number of hydrogen-bond acceptors (Lipinski definition) is 4. The predicted molar refractivity (Wildman–Crippen MR) is 124 cm³/mol. The molecule has 0 fully saturated rings. The minimum absolute atomic E-state index is 0.0439. The van der Waals surface area contributed by atoms with Crippen LogP contribution in [0.1, 0.15) is 27.2 Å². The second kappa shape index (κ2) is 9.34. The zero-order valence-corrected chi connectivity index (χ0v) is 20.2. The number of carboxylic acids is 1. The molecule has 0 spiro atoms. The number of methoxy groups -OCH3 is 1. The van der Waals surface area contributed by atoms with E-state index in [4.69, 9.17) is 21.4 Å². The molecular formula is C24H15ClF5NO5S. The number of aromatic nitrogens is 1. The van der Waals surface area contributed by atoms with Gasteiger partial charge in [-0.15, -0.1) is 0 Å². The Morgan fingerprint density at radius 1 is 1.05 bits per heavy atom. The highest BCUT2D eigenvalue weighted by Gasteiger charge is 2.33. The van der Waals surface area contributed by atoms with Gasteiger partial charge in [-0.1, -0.05) is 23.7 Å². The Morgan fingerprint density at radius 2 is 1.70 bits per heavy atom.